The Kier molecular flexibility index (Phi) is 3.69. The highest BCUT2D eigenvalue weighted by Gasteiger charge is 2.09. The van der Waals surface area contributed by atoms with Crippen LogP contribution in [-0.2, 0) is 6.42 Å². The summed E-state index contributed by atoms with van der Waals surface area (Å²) < 4.78 is 0. The number of aryl methyl sites for hydroxylation is 1. The van der Waals surface area contributed by atoms with Gasteiger partial charge in [-0.1, -0.05) is 25.1 Å². The molecule has 2 heteroatoms. The van der Waals surface area contributed by atoms with Gasteiger partial charge in [-0.05, 0) is 31.9 Å². The number of amides is 1. The maximum Gasteiger partial charge on any atom is 0.251 e. The SMILES string of the molecule is CCc1ccccc1C(=O)NC(C)C. The molecule has 1 rings (SSSR count). The van der Waals surface area contributed by atoms with Crippen molar-refractivity contribution in [3.8, 4) is 0 Å². The summed E-state index contributed by atoms with van der Waals surface area (Å²) >= 11 is 0. The van der Waals surface area contributed by atoms with E-state index in [9.17, 15) is 4.79 Å². The van der Waals surface area contributed by atoms with E-state index in [0.717, 1.165) is 17.5 Å². The summed E-state index contributed by atoms with van der Waals surface area (Å²) in [5.41, 5.74) is 1.90. The highest BCUT2D eigenvalue weighted by molar-refractivity contribution is 5.95. The van der Waals surface area contributed by atoms with E-state index in [0.29, 0.717) is 0 Å². The Morgan fingerprint density at radius 1 is 1.36 bits per heavy atom. The van der Waals surface area contributed by atoms with Crippen molar-refractivity contribution < 1.29 is 4.79 Å². The van der Waals surface area contributed by atoms with Gasteiger partial charge in [0.05, 0.1) is 0 Å². The molecule has 0 aliphatic heterocycles. The van der Waals surface area contributed by atoms with Crippen LogP contribution >= 0.6 is 0 Å². The lowest BCUT2D eigenvalue weighted by Gasteiger charge is -2.10. The molecule has 0 aliphatic rings. The molecular formula is C12H17NO. The fourth-order valence-corrected chi connectivity index (χ4v) is 1.39. The molecule has 76 valence electrons. The largest absolute Gasteiger partial charge is 0.350 e. The van der Waals surface area contributed by atoms with Gasteiger partial charge in [-0.2, -0.15) is 0 Å². The third-order valence-corrected chi connectivity index (χ3v) is 2.06. The van der Waals surface area contributed by atoms with Crippen molar-refractivity contribution in [1.29, 1.82) is 0 Å². The molecule has 2 nitrogen and oxygen atoms in total. The quantitative estimate of drug-likeness (QED) is 0.781. The fraction of sp³-hybridized carbons (Fsp3) is 0.417. The van der Waals surface area contributed by atoms with Crippen molar-refractivity contribution in [2.24, 2.45) is 0 Å². The molecule has 0 bridgehead atoms. The monoisotopic (exact) mass is 191 g/mol. The Balaban J connectivity index is 2.88. The highest BCUT2D eigenvalue weighted by Crippen LogP contribution is 2.09. The molecule has 1 aromatic rings. The third-order valence-electron chi connectivity index (χ3n) is 2.06. The first kappa shape index (κ1) is 10.8. The van der Waals surface area contributed by atoms with Crippen molar-refractivity contribution >= 4 is 5.91 Å². The second-order valence-corrected chi connectivity index (χ2v) is 3.64. The molecule has 0 aromatic heterocycles. The molecule has 0 saturated carbocycles. The third kappa shape index (κ3) is 2.59. The van der Waals surface area contributed by atoms with Crippen molar-refractivity contribution in [2.75, 3.05) is 0 Å². The minimum Gasteiger partial charge on any atom is -0.350 e. The molecule has 0 aliphatic carbocycles. The van der Waals surface area contributed by atoms with Gasteiger partial charge in [0, 0.05) is 11.6 Å². The fourth-order valence-electron chi connectivity index (χ4n) is 1.39. The van der Waals surface area contributed by atoms with Crippen LogP contribution in [0, 0.1) is 0 Å². The van der Waals surface area contributed by atoms with Crippen LogP contribution < -0.4 is 5.32 Å². The zero-order chi connectivity index (χ0) is 10.6. The van der Waals surface area contributed by atoms with Crippen LogP contribution in [0.15, 0.2) is 24.3 Å². The Hall–Kier alpha value is -1.31. The molecule has 0 saturated heterocycles. The number of rotatable bonds is 3. The Morgan fingerprint density at radius 2 is 2.00 bits per heavy atom. The van der Waals surface area contributed by atoms with Gasteiger partial charge in [0.25, 0.3) is 5.91 Å². The van der Waals surface area contributed by atoms with Crippen molar-refractivity contribution in [3.05, 3.63) is 35.4 Å². The number of hydrogen-bond donors (Lipinski definition) is 1. The first-order valence-electron chi connectivity index (χ1n) is 5.04. The summed E-state index contributed by atoms with van der Waals surface area (Å²) in [5.74, 6) is 0.0254. The highest BCUT2D eigenvalue weighted by atomic mass is 16.1. The van der Waals surface area contributed by atoms with E-state index in [1.165, 1.54) is 0 Å². The number of carbonyl (C=O) groups excluding carboxylic acids is 1. The average Bonchev–Trinajstić information content (AvgIpc) is 2.16. The molecule has 0 radical (unpaired) electrons. The topological polar surface area (TPSA) is 29.1 Å². The lowest BCUT2D eigenvalue weighted by atomic mass is 10.0. The van der Waals surface area contributed by atoms with E-state index in [1.54, 1.807) is 0 Å². The van der Waals surface area contributed by atoms with E-state index in [4.69, 9.17) is 0 Å². The molecule has 0 unspecified atom stereocenters. The van der Waals surface area contributed by atoms with E-state index < -0.39 is 0 Å². The Morgan fingerprint density at radius 3 is 2.57 bits per heavy atom. The zero-order valence-electron chi connectivity index (χ0n) is 9.00. The van der Waals surface area contributed by atoms with Crippen LogP contribution in [0.1, 0.15) is 36.7 Å². The van der Waals surface area contributed by atoms with Crippen molar-refractivity contribution in [3.63, 3.8) is 0 Å². The van der Waals surface area contributed by atoms with Crippen LogP contribution in [0.25, 0.3) is 0 Å². The molecule has 0 heterocycles. The second-order valence-electron chi connectivity index (χ2n) is 3.64. The van der Waals surface area contributed by atoms with Crippen LogP contribution in [0.2, 0.25) is 0 Å². The smallest absolute Gasteiger partial charge is 0.251 e. The second kappa shape index (κ2) is 4.80. The van der Waals surface area contributed by atoms with Crippen LogP contribution in [0.4, 0.5) is 0 Å². The van der Waals surface area contributed by atoms with Gasteiger partial charge in [-0.15, -0.1) is 0 Å². The maximum atomic E-state index is 11.7. The van der Waals surface area contributed by atoms with Gasteiger partial charge >= 0.3 is 0 Å². The van der Waals surface area contributed by atoms with Crippen LogP contribution in [-0.4, -0.2) is 11.9 Å². The number of carbonyl (C=O) groups is 1. The minimum absolute atomic E-state index is 0.0254. The van der Waals surface area contributed by atoms with Gasteiger partial charge in [0.15, 0.2) is 0 Å². The summed E-state index contributed by atoms with van der Waals surface area (Å²) in [5, 5.41) is 2.89. The first-order valence-corrected chi connectivity index (χ1v) is 5.04. The molecule has 1 amide bonds. The lowest BCUT2D eigenvalue weighted by molar-refractivity contribution is 0.0942. The van der Waals surface area contributed by atoms with Gasteiger partial charge in [0.2, 0.25) is 0 Å². The van der Waals surface area contributed by atoms with E-state index in [1.807, 2.05) is 38.1 Å². The molecule has 0 spiro atoms. The summed E-state index contributed by atoms with van der Waals surface area (Å²) in [6.45, 7) is 5.99. The van der Waals surface area contributed by atoms with Gasteiger partial charge < -0.3 is 5.32 Å². The number of nitrogens with one attached hydrogen (secondary N) is 1. The predicted molar refractivity (Wildman–Crippen MR) is 58.4 cm³/mol. The Bertz CT molecular complexity index is 318. The summed E-state index contributed by atoms with van der Waals surface area (Å²) in [4.78, 5) is 11.7. The van der Waals surface area contributed by atoms with Crippen molar-refractivity contribution in [1.82, 2.24) is 5.32 Å². The van der Waals surface area contributed by atoms with Crippen molar-refractivity contribution in [2.45, 2.75) is 33.2 Å². The van der Waals surface area contributed by atoms with Gasteiger partial charge in [-0.3, -0.25) is 4.79 Å². The number of benzene rings is 1. The molecule has 0 fully saturated rings. The molecule has 14 heavy (non-hydrogen) atoms. The average molecular weight is 191 g/mol. The summed E-state index contributed by atoms with van der Waals surface area (Å²) in [6.07, 6.45) is 0.891. The van der Waals surface area contributed by atoms with Crippen LogP contribution in [0.3, 0.4) is 0 Å². The van der Waals surface area contributed by atoms with Crippen LogP contribution in [0.5, 0.6) is 0 Å². The van der Waals surface area contributed by atoms with Gasteiger partial charge in [-0.25, -0.2) is 0 Å². The van der Waals surface area contributed by atoms with E-state index in [-0.39, 0.29) is 11.9 Å². The standard InChI is InChI=1S/C12H17NO/c1-4-10-7-5-6-8-11(10)12(14)13-9(2)3/h5-9H,4H2,1-3H3,(H,13,14). The minimum atomic E-state index is 0.0254. The van der Waals surface area contributed by atoms with Gasteiger partial charge in [0.1, 0.15) is 0 Å². The molecule has 0 atom stereocenters. The number of hydrogen-bond acceptors (Lipinski definition) is 1. The molecule has 1 N–H and O–H groups in total. The summed E-state index contributed by atoms with van der Waals surface area (Å²) in [6, 6.07) is 7.91. The maximum absolute atomic E-state index is 11.7. The summed E-state index contributed by atoms with van der Waals surface area (Å²) in [7, 11) is 0. The van der Waals surface area contributed by atoms with E-state index >= 15 is 0 Å². The molecular weight excluding hydrogens is 174 g/mol. The molecule has 1 aromatic carbocycles. The zero-order valence-corrected chi connectivity index (χ0v) is 9.00. The Labute approximate surface area is 85.3 Å². The predicted octanol–water partition coefficient (Wildman–Crippen LogP) is 2.39. The normalized spacial score (nSPS) is 10.3. The lowest BCUT2D eigenvalue weighted by Crippen LogP contribution is -2.30. The first-order chi connectivity index (χ1) is 6.65. The van der Waals surface area contributed by atoms with E-state index in [2.05, 4.69) is 12.2 Å².